The van der Waals surface area contributed by atoms with E-state index >= 15 is 0 Å². The number of fused-ring (bicyclic) bond motifs is 1. The summed E-state index contributed by atoms with van der Waals surface area (Å²) in [4.78, 5) is 46.7. The number of carbonyl (C=O) groups is 2. The average Bonchev–Trinajstić information content (AvgIpc) is 3.31. The lowest BCUT2D eigenvalue weighted by atomic mass is 10.1. The third-order valence-corrected chi connectivity index (χ3v) is 5.52. The summed E-state index contributed by atoms with van der Waals surface area (Å²) in [6.45, 7) is 9.46. The van der Waals surface area contributed by atoms with E-state index in [2.05, 4.69) is 32.6 Å². The fraction of sp³-hybridized carbons (Fsp3) is 0.500. The van der Waals surface area contributed by atoms with Crippen LogP contribution in [0.5, 0.6) is 0 Å². The first-order valence-electron chi connectivity index (χ1n) is 12.6. The van der Waals surface area contributed by atoms with Gasteiger partial charge in [-0.05, 0) is 45.7 Å². The summed E-state index contributed by atoms with van der Waals surface area (Å²) in [7, 11) is 2.54. The number of amides is 2. The molecular weight excluding hydrogens is 490 g/mol. The number of pyridine rings is 1. The quantitative estimate of drug-likeness (QED) is 0.326. The van der Waals surface area contributed by atoms with Gasteiger partial charge in [-0.3, -0.25) is 14.5 Å². The first-order valence-corrected chi connectivity index (χ1v) is 12.6. The number of nitrogens with one attached hydrogen (secondary N) is 3. The smallest absolute Gasteiger partial charge is 0.415 e. The van der Waals surface area contributed by atoms with Crippen LogP contribution in [0.25, 0.3) is 5.65 Å². The number of H-pyrrole nitrogens is 1. The van der Waals surface area contributed by atoms with Gasteiger partial charge in [-0.2, -0.15) is 9.61 Å². The zero-order valence-corrected chi connectivity index (χ0v) is 23.2. The predicted octanol–water partition coefficient (Wildman–Crippen LogP) is 3.84. The minimum absolute atomic E-state index is 0.0282. The standard InChI is InChI=1S/C25H35N7O4.CH4O/c1-7-9-11-16(8-2)28-22(33)17-15-27-32-20(31(6)24(35)36-25(3,4)5)14-19(30-21(17)32)29-18-12-10-13-26-23(18)34;1-2/h10,12-16H,7-9,11H2,1-6H3,(H,26,34)(H,28,33)(H,29,30);2H,1H3/t16-;/m1./s1. The van der Waals surface area contributed by atoms with E-state index < -0.39 is 11.7 Å². The number of aliphatic hydroxyl groups is 1. The number of carbonyl (C=O) groups excluding carboxylic acids is 2. The minimum Gasteiger partial charge on any atom is -0.443 e. The zero-order chi connectivity index (χ0) is 28.5. The molecule has 0 saturated carbocycles. The summed E-state index contributed by atoms with van der Waals surface area (Å²) in [5, 5.41) is 17.4. The molecule has 3 aromatic heterocycles. The molecule has 3 rings (SSSR count). The molecule has 12 heteroatoms. The minimum atomic E-state index is -0.710. The Hall–Kier alpha value is -3.93. The maximum Gasteiger partial charge on any atom is 0.415 e. The van der Waals surface area contributed by atoms with Gasteiger partial charge in [-0.25, -0.2) is 9.78 Å². The normalized spacial score (nSPS) is 11.8. The second kappa shape index (κ2) is 13.6. The van der Waals surface area contributed by atoms with Crippen molar-refractivity contribution in [1.29, 1.82) is 0 Å². The van der Waals surface area contributed by atoms with Crippen molar-refractivity contribution < 1.29 is 19.4 Å². The van der Waals surface area contributed by atoms with Gasteiger partial charge in [0.15, 0.2) is 5.65 Å². The van der Waals surface area contributed by atoms with Crippen LogP contribution in [0.1, 0.15) is 70.7 Å². The lowest BCUT2D eigenvalue weighted by Gasteiger charge is -2.25. The number of hydrogen-bond donors (Lipinski definition) is 4. The fourth-order valence-electron chi connectivity index (χ4n) is 3.58. The third-order valence-electron chi connectivity index (χ3n) is 5.52. The number of aromatic amines is 1. The zero-order valence-electron chi connectivity index (χ0n) is 23.2. The Labute approximate surface area is 222 Å². The van der Waals surface area contributed by atoms with Gasteiger partial charge in [-0.15, -0.1) is 0 Å². The van der Waals surface area contributed by atoms with Gasteiger partial charge in [-0.1, -0.05) is 26.7 Å². The Morgan fingerprint density at radius 1 is 1.26 bits per heavy atom. The molecule has 0 spiro atoms. The Balaban J connectivity index is 0.00000247. The molecule has 3 heterocycles. The van der Waals surface area contributed by atoms with Crippen LogP contribution in [-0.2, 0) is 4.74 Å². The highest BCUT2D eigenvalue weighted by molar-refractivity contribution is 6.00. The lowest BCUT2D eigenvalue weighted by molar-refractivity contribution is 0.0587. The van der Waals surface area contributed by atoms with Crippen molar-refractivity contribution in [2.45, 2.75) is 71.9 Å². The fourth-order valence-corrected chi connectivity index (χ4v) is 3.58. The molecule has 1 atom stereocenters. The van der Waals surface area contributed by atoms with E-state index in [0.717, 1.165) is 32.8 Å². The number of anilines is 3. The first kappa shape index (κ1) is 30.3. The molecule has 0 aliphatic heterocycles. The highest BCUT2D eigenvalue weighted by Gasteiger charge is 2.26. The van der Waals surface area contributed by atoms with Gasteiger partial charge >= 0.3 is 6.09 Å². The molecular formula is C26H39N7O5. The molecule has 4 N–H and O–H groups in total. The molecule has 38 heavy (non-hydrogen) atoms. The number of ether oxygens (including phenoxy) is 1. The van der Waals surface area contributed by atoms with E-state index in [4.69, 9.17) is 9.84 Å². The van der Waals surface area contributed by atoms with Gasteiger partial charge in [0.25, 0.3) is 11.5 Å². The van der Waals surface area contributed by atoms with Gasteiger partial charge in [0.1, 0.15) is 28.5 Å². The second-order valence-electron chi connectivity index (χ2n) is 9.59. The topological polar surface area (TPSA) is 154 Å². The SMILES string of the molecule is CCCC[C@@H](CC)NC(=O)c1cnn2c(N(C)C(=O)OC(C)(C)C)cc(Nc3ccc[nH]c3=O)nc12.CO. The lowest BCUT2D eigenvalue weighted by Crippen LogP contribution is -2.35. The second-order valence-corrected chi connectivity index (χ2v) is 9.59. The molecule has 3 aromatic rings. The van der Waals surface area contributed by atoms with Crippen molar-refractivity contribution >= 4 is 35.0 Å². The van der Waals surface area contributed by atoms with Gasteiger partial charge < -0.3 is 25.5 Å². The van der Waals surface area contributed by atoms with Gasteiger partial charge in [0.2, 0.25) is 0 Å². The molecule has 0 fully saturated rings. The summed E-state index contributed by atoms with van der Waals surface area (Å²) < 4.78 is 6.92. The van der Waals surface area contributed by atoms with E-state index in [-0.39, 0.29) is 40.2 Å². The van der Waals surface area contributed by atoms with Crippen LogP contribution in [0.15, 0.2) is 35.4 Å². The van der Waals surface area contributed by atoms with Crippen molar-refractivity contribution in [2.75, 3.05) is 24.4 Å². The largest absolute Gasteiger partial charge is 0.443 e. The number of hydrogen-bond acceptors (Lipinski definition) is 8. The summed E-state index contributed by atoms with van der Waals surface area (Å²) >= 11 is 0. The van der Waals surface area contributed by atoms with Crippen molar-refractivity contribution in [3.8, 4) is 0 Å². The molecule has 0 unspecified atom stereocenters. The van der Waals surface area contributed by atoms with E-state index in [0.29, 0.717) is 5.82 Å². The van der Waals surface area contributed by atoms with Crippen LogP contribution in [0.3, 0.4) is 0 Å². The van der Waals surface area contributed by atoms with Crippen LogP contribution in [0.2, 0.25) is 0 Å². The number of rotatable bonds is 9. The maximum absolute atomic E-state index is 13.2. The van der Waals surface area contributed by atoms with Gasteiger partial charge in [0, 0.05) is 32.5 Å². The Morgan fingerprint density at radius 2 is 1.97 bits per heavy atom. The Morgan fingerprint density at radius 3 is 2.58 bits per heavy atom. The van der Waals surface area contributed by atoms with Crippen LogP contribution in [0, 0.1) is 0 Å². The van der Waals surface area contributed by atoms with Crippen LogP contribution >= 0.6 is 0 Å². The summed E-state index contributed by atoms with van der Waals surface area (Å²) in [5.41, 5.74) is -0.292. The Bertz CT molecular complexity index is 1280. The molecule has 0 aromatic carbocycles. The summed E-state index contributed by atoms with van der Waals surface area (Å²) in [5.74, 6) is 0.263. The number of unbranched alkanes of at least 4 members (excludes halogenated alkanes) is 1. The monoisotopic (exact) mass is 529 g/mol. The van der Waals surface area contributed by atoms with Crippen LogP contribution < -0.4 is 21.1 Å². The summed E-state index contributed by atoms with van der Waals surface area (Å²) in [6.07, 6.45) is 6.07. The van der Waals surface area contributed by atoms with Crippen molar-refractivity contribution in [3.63, 3.8) is 0 Å². The highest BCUT2D eigenvalue weighted by atomic mass is 16.6. The average molecular weight is 530 g/mol. The van der Waals surface area contributed by atoms with E-state index in [1.165, 1.54) is 21.8 Å². The van der Waals surface area contributed by atoms with Crippen molar-refractivity contribution in [3.05, 3.63) is 46.5 Å². The molecule has 0 aliphatic rings. The molecule has 0 aliphatic carbocycles. The predicted molar refractivity (Wildman–Crippen MR) is 147 cm³/mol. The molecule has 208 valence electrons. The van der Waals surface area contributed by atoms with Crippen molar-refractivity contribution in [2.24, 2.45) is 0 Å². The third kappa shape index (κ3) is 7.78. The Kier molecular flexibility index (Phi) is 10.8. The molecule has 2 amide bonds. The van der Waals surface area contributed by atoms with Gasteiger partial charge in [0.05, 0.1) is 6.20 Å². The molecule has 0 saturated heterocycles. The maximum atomic E-state index is 13.2. The summed E-state index contributed by atoms with van der Waals surface area (Å²) in [6, 6.07) is 4.87. The van der Waals surface area contributed by atoms with E-state index in [1.807, 2.05) is 6.92 Å². The molecule has 12 nitrogen and oxygen atoms in total. The number of aromatic nitrogens is 4. The van der Waals surface area contributed by atoms with Crippen molar-refractivity contribution in [1.82, 2.24) is 24.9 Å². The number of aliphatic hydroxyl groups excluding tert-OH is 1. The molecule has 0 bridgehead atoms. The molecule has 0 radical (unpaired) electrons. The number of nitrogens with zero attached hydrogens (tertiary/aromatic N) is 4. The van der Waals surface area contributed by atoms with Crippen LogP contribution in [0.4, 0.5) is 22.1 Å². The first-order chi connectivity index (χ1) is 18.0. The van der Waals surface area contributed by atoms with E-state index in [1.54, 1.807) is 46.0 Å². The highest BCUT2D eigenvalue weighted by Crippen LogP contribution is 2.25. The van der Waals surface area contributed by atoms with Crippen LogP contribution in [-0.4, -0.2) is 62.5 Å². The van der Waals surface area contributed by atoms with E-state index in [9.17, 15) is 14.4 Å².